The number of hydrogen-bond acceptors (Lipinski definition) is 1. The molecule has 0 fully saturated rings. The monoisotopic (exact) mass is 239 g/mol. The fourth-order valence-corrected chi connectivity index (χ4v) is 1.87. The van der Waals surface area contributed by atoms with E-state index in [1.165, 1.54) is 30.2 Å². The number of allylic oxidation sites excluding steroid dienone is 3. The molecule has 0 aliphatic heterocycles. The lowest BCUT2D eigenvalue weighted by Crippen LogP contribution is -2.12. The molecule has 0 N–H and O–H groups in total. The van der Waals surface area contributed by atoms with Gasteiger partial charge in [-0.1, -0.05) is 61.5 Å². The van der Waals surface area contributed by atoms with Crippen molar-refractivity contribution in [3.8, 4) is 0 Å². The van der Waals surface area contributed by atoms with Crippen LogP contribution in [0.1, 0.15) is 25.3 Å². The largest absolute Gasteiger partial charge is 0.273 e. The van der Waals surface area contributed by atoms with Gasteiger partial charge in [0.1, 0.15) is 0 Å². The molecule has 2 heteroatoms. The van der Waals surface area contributed by atoms with E-state index in [0.717, 1.165) is 13.7 Å². The fourth-order valence-electron chi connectivity index (χ4n) is 1.87. The summed E-state index contributed by atoms with van der Waals surface area (Å²) in [6, 6.07) is 9.03. The highest BCUT2D eigenvalue weighted by Gasteiger charge is 1.95. The highest BCUT2D eigenvalue weighted by atomic mass is 14.6. The van der Waals surface area contributed by atoms with Gasteiger partial charge in [-0.25, -0.2) is 0 Å². The van der Waals surface area contributed by atoms with Crippen LogP contribution in [0.4, 0.5) is 0 Å². The van der Waals surface area contributed by atoms with E-state index < -0.39 is 0 Å². The van der Waals surface area contributed by atoms with Crippen molar-refractivity contribution in [2.24, 2.45) is 4.99 Å². The van der Waals surface area contributed by atoms with E-state index in [1.807, 2.05) is 12.2 Å². The molecule has 0 aliphatic rings. The van der Waals surface area contributed by atoms with Crippen LogP contribution >= 0.6 is 0 Å². The highest BCUT2D eigenvalue weighted by molar-refractivity contribution is 6.53. The average Bonchev–Trinajstić information content (AvgIpc) is 2.40. The van der Waals surface area contributed by atoms with Gasteiger partial charge in [0.2, 0.25) is 0 Å². The molecule has 0 bridgehead atoms. The van der Waals surface area contributed by atoms with Crippen LogP contribution in [-0.2, 0) is 6.42 Å². The lowest BCUT2D eigenvalue weighted by Gasteiger charge is -2.01. The van der Waals surface area contributed by atoms with Crippen LogP contribution in [0.5, 0.6) is 0 Å². The number of rotatable bonds is 8. The quantitative estimate of drug-likeness (QED) is 0.286. The maximum atomic E-state index is 3.64. The summed E-state index contributed by atoms with van der Waals surface area (Å²) in [5.74, 6) is 0. The van der Waals surface area contributed by atoms with Gasteiger partial charge in [-0.05, 0) is 31.2 Å². The number of aliphatic imine (C=N–C) groups is 1. The summed E-state index contributed by atoms with van der Waals surface area (Å²) >= 11 is 0. The molecule has 0 radical (unpaired) electrons. The molecule has 0 unspecified atom stereocenters. The third-order valence-corrected chi connectivity index (χ3v) is 2.84. The third kappa shape index (κ3) is 6.24. The fraction of sp³-hybridized carbons (Fsp3) is 0.312. The zero-order valence-corrected chi connectivity index (χ0v) is 11.3. The Morgan fingerprint density at radius 3 is 2.67 bits per heavy atom. The highest BCUT2D eigenvalue weighted by Crippen LogP contribution is 2.01. The van der Waals surface area contributed by atoms with E-state index in [0.29, 0.717) is 0 Å². The van der Waals surface area contributed by atoms with Crippen LogP contribution < -0.4 is 5.46 Å². The first-order chi connectivity index (χ1) is 8.86. The molecule has 18 heavy (non-hydrogen) atoms. The van der Waals surface area contributed by atoms with Gasteiger partial charge in [0, 0.05) is 6.20 Å². The Balaban J connectivity index is 2.24. The molecule has 0 amide bonds. The molecule has 94 valence electrons. The first-order valence-electron chi connectivity index (χ1n) is 6.72. The molecule has 0 atom stereocenters. The van der Waals surface area contributed by atoms with Gasteiger partial charge < -0.3 is 0 Å². The molecule has 0 aliphatic carbocycles. The molecule has 0 heterocycles. The maximum absolute atomic E-state index is 3.64. The predicted octanol–water partition coefficient (Wildman–Crippen LogP) is 3.28. The Morgan fingerprint density at radius 1 is 1.22 bits per heavy atom. The van der Waals surface area contributed by atoms with Crippen molar-refractivity contribution in [3.63, 3.8) is 0 Å². The van der Waals surface area contributed by atoms with Gasteiger partial charge >= 0.3 is 0 Å². The molecule has 0 aromatic heterocycles. The van der Waals surface area contributed by atoms with Gasteiger partial charge in [0.15, 0.2) is 7.28 Å². The van der Waals surface area contributed by atoms with Crippen LogP contribution in [0.2, 0.25) is 6.32 Å². The maximum Gasteiger partial charge on any atom is 0.158 e. The topological polar surface area (TPSA) is 12.4 Å². The van der Waals surface area contributed by atoms with Crippen LogP contribution in [-0.4, -0.2) is 14.0 Å². The van der Waals surface area contributed by atoms with Crippen molar-refractivity contribution in [1.82, 2.24) is 0 Å². The van der Waals surface area contributed by atoms with E-state index in [-0.39, 0.29) is 0 Å². The van der Waals surface area contributed by atoms with E-state index in [4.69, 9.17) is 0 Å². The first kappa shape index (κ1) is 14.5. The zero-order chi connectivity index (χ0) is 13.1. The predicted molar refractivity (Wildman–Crippen MR) is 84.5 cm³/mol. The number of hydrogen-bond donors (Lipinski definition) is 0. The minimum Gasteiger partial charge on any atom is -0.273 e. The van der Waals surface area contributed by atoms with E-state index in [9.17, 15) is 0 Å². The summed E-state index contributed by atoms with van der Waals surface area (Å²) in [6.45, 7) is 5.60. The lowest BCUT2D eigenvalue weighted by molar-refractivity contribution is 0.922. The number of aryl methyl sites for hydroxylation is 1. The Morgan fingerprint density at radius 2 is 2.00 bits per heavy atom. The van der Waals surface area contributed by atoms with Crippen molar-refractivity contribution in [2.45, 2.75) is 32.5 Å². The van der Waals surface area contributed by atoms with Gasteiger partial charge in [0.25, 0.3) is 0 Å². The first-order valence-corrected chi connectivity index (χ1v) is 6.72. The van der Waals surface area contributed by atoms with Gasteiger partial charge in [-0.15, -0.1) is 0 Å². The second kappa shape index (κ2) is 9.46. The molecular weight excluding hydrogens is 217 g/mol. The van der Waals surface area contributed by atoms with Crippen molar-refractivity contribution in [3.05, 3.63) is 54.3 Å². The summed E-state index contributed by atoms with van der Waals surface area (Å²) in [7, 11) is 1.15. The van der Waals surface area contributed by atoms with E-state index >= 15 is 0 Å². The van der Waals surface area contributed by atoms with Gasteiger partial charge in [0.05, 0.1) is 0 Å². The minimum atomic E-state index is 1.11. The number of nitrogens with zero attached hydrogens (tertiary/aromatic N) is 1. The Hall–Kier alpha value is -1.57. The van der Waals surface area contributed by atoms with Crippen LogP contribution in [0.15, 0.2) is 53.7 Å². The van der Waals surface area contributed by atoms with Crippen molar-refractivity contribution in [1.29, 1.82) is 0 Å². The molecule has 0 saturated carbocycles. The average molecular weight is 239 g/mol. The SMILES string of the molecule is C=N/C=C\C=C/CCBc1ccc(CCC)cc1. The third-order valence-electron chi connectivity index (χ3n) is 2.84. The molecule has 0 spiro atoms. The lowest BCUT2D eigenvalue weighted by atomic mass is 9.66. The van der Waals surface area contributed by atoms with Crippen LogP contribution in [0, 0.1) is 0 Å². The van der Waals surface area contributed by atoms with E-state index in [1.54, 1.807) is 6.20 Å². The van der Waals surface area contributed by atoms with Gasteiger partial charge in [-0.2, -0.15) is 0 Å². The Kier molecular flexibility index (Phi) is 7.62. The van der Waals surface area contributed by atoms with E-state index in [2.05, 4.69) is 49.0 Å². The summed E-state index contributed by atoms with van der Waals surface area (Å²) in [6.07, 6.45) is 12.5. The second-order valence-corrected chi connectivity index (χ2v) is 4.41. The van der Waals surface area contributed by atoms with Crippen molar-refractivity contribution < 1.29 is 0 Å². The molecule has 1 aromatic carbocycles. The summed E-state index contributed by atoms with van der Waals surface area (Å²) in [5, 5.41) is 0. The minimum absolute atomic E-state index is 1.11. The van der Waals surface area contributed by atoms with Crippen LogP contribution in [0.3, 0.4) is 0 Å². The molecule has 1 nitrogen and oxygen atoms in total. The zero-order valence-electron chi connectivity index (χ0n) is 11.3. The summed E-state index contributed by atoms with van der Waals surface area (Å²) in [4.78, 5) is 3.64. The smallest absolute Gasteiger partial charge is 0.158 e. The molecule has 0 saturated heterocycles. The standard InChI is InChI=1S/C16H22BN/c1-3-8-15-9-11-16(12-10-15)17-13-6-4-5-7-14-18-2/h4-5,7,9-12,14,17H,2-3,6,8,13H2,1H3/b5-4-,14-7-. The Bertz CT molecular complexity index is 390. The molecular formula is C16H22BN. The summed E-state index contributed by atoms with van der Waals surface area (Å²) in [5.41, 5.74) is 2.88. The summed E-state index contributed by atoms with van der Waals surface area (Å²) < 4.78 is 0. The van der Waals surface area contributed by atoms with Crippen molar-refractivity contribution in [2.75, 3.05) is 0 Å². The molecule has 1 rings (SSSR count). The normalized spacial score (nSPS) is 11.2. The van der Waals surface area contributed by atoms with Crippen LogP contribution in [0.25, 0.3) is 0 Å². The number of benzene rings is 1. The molecule has 1 aromatic rings. The van der Waals surface area contributed by atoms with Crippen molar-refractivity contribution >= 4 is 19.5 Å². The second-order valence-electron chi connectivity index (χ2n) is 4.41. The Labute approximate surface area is 112 Å². The van der Waals surface area contributed by atoms with Gasteiger partial charge in [-0.3, -0.25) is 4.99 Å².